The van der Waals surface area contributed by atoms with Crippen LogP contribution in [0.2, 0.25) is 0 Å². The molecule has 3 rings (SSSR count). The summed E-state index contributed by atoms with van der Waals surface area (Å²) in [5, 5.41) is -0.528. The van der Waals surface area contributed by atoms with Gasteiger partial charge in [0.05, 0.1) is 23.2 Å². The van der Waals surface area contributed by atoms with Gasteiger partial charge in [-0.2, -0.15) is 4.31 Å². The van der Waals surface area contributed by atoms with Gasteiger partial charge in [0.25, 0.3) is 0 Å². The topological polar surface area (TPSA) is 66.1 Å². The molecule has 0 radical (unpaired) electrons. The fraction of sp³-hybridized carbons (Fsp3) is 0.450. The average molecular weight is 374 g/mol. The minimum absolute atomic E-state index is 0.222. The van der Waals surface area contributed by atoms with Crippen LogP contribution in [-0.2, 0) is 10.0 Å². The Hall–Kier alpha value is -1.92. The Kier molecular flexibility index (Phi) is 5.63. The monoisotopic (exact) mass is 373 g/mol. The van der Waals surface area contributed by atoms with Crippen LogP contribution < -0.4 is 0 Å². The molecule has 0 spiro atoms. The predicted octanol–water partition coefficient (Wildman–Crippen LogP) is 4.21. The Labute approximate surface area is 156 Å². The molecular formula is C20H27N3O2S. The van der Waals surface area contributed by atoms with Gasteiger partial charge in [0.1, 0.15) is 5.82 Å². The summed E-state index contributed by atoms with van der Waals surface area (Å²) in [6.07, 6.45) is 8.03. The van der Waals surface area contributed by atoms with Gasteiger partial charge in [0.2, 0.25) is 10.0 Å². The zero-order chi connectivity index (χ0) is 18.7. The number of benzene rings is 1. The first-order valence-electron chi connectivity index (χ1n) is 9.19. The molecule has 2 heterocycles. The molecule has 1 fully saturated rings. The van der Waals surface area contributed by atoms with E-state index in [-0.39, 0.29) is 6.04 Å². The lowest BCUT2D eigenvalue weighted by atomic mass is 10.0. The number of piperidine rings is 1. The number of allylic oxidation sites excluding steroid dienone is 1. The molecule has 0 aliphatic carbocycles. The van der Waals surface area contributed by atoms with E-state index in [0.29, 0.717) is 6.54 Å². The van der Waals surface area contributed by atoms with Crippen molar-refractivity contribution in [3.05, 3.63) is 54.0 Å². The molecule has 26 heavy (non-hydrogen) atoms. The first-order valence-corrected chi connectivity index (χ1v) is 10.7. The van der Waals surface area contributed by atoms with Crippen LogP contribution >= 0.6 is 0 Å². The van der Waals surface area contributed by atoms with Crippen molar-refractivity contribution in [3.8, 4) is 11.3 Å². The molecule has 0 bridgehead atoms. The highest BCUT2D eigenvalue weighted by atomic mass is 32.2. The number of hydrogen-bond acceptors (Lipinski definition) is 3. The van der Waals surface area contributed by atoms with Gasteiger partial charge < -0.3 is 4.98 Å². The maximum atomic E-state index is 13.0. The highest BCUT2D eigenvalue weighted by molar-refractivity contribution is 7.89. The van der Waals surface area contributed by atoms with E-state index < -0.39 is 15.3 Å². The fourth-order valence-electron chi connectivity index (χ4n) is 3.45. The minimum atomic E-state index is -3.40. The van der Waals surface area contributed by atoms with Gasteiger partial charge in [0.15, 0.2) is 0 Å². The van der Waals surface area contributed by atoms with Crippen LogP contribution in [0, 0.1) is 6.92 Å². The molecule has 1 aliphatic heterocycles. The smallest absolute Gasteiger partial charge is 0.220 e. The van der Waals surface area contributed by atoms with Crippen LogP contribution in [0.1, 0.15) is 50.5 Å². The largest absolute Gasteiger partial charge is 0.341 e. The Morgan fingerprint density at radius 2 is 2.00 bits per heavy atom. The van der Waals surface area contributed by atoms with Crippen LogP contribution in [-0.4, -0.2) is 34.5 Å². The molecule has 6 heteroatoms. The Bertz CT molecular complexity index is 869. The molecule has 1 aromatic carbocycles. The number of nitrogens with one attached hydrogen (secondary N) is 1. The molecular weight excluding hydrogens is 346 g/mol. The molecule has 0 saturated carbocycles. The molecule has 5 nitrogen and oxygen atoms in total. The number of aryl methyl sites for hydroxylation is 1. The average Bonchev–Trinajstić information content (AvgIpc) is 3.12. The van der Waals surface area contributed by atoms with Crippen molar-refractivity contribution in [2.45, 2.75) is 51.3 Å². The van der Waals surface area contributed by atoms with Gasteiger partial charge in [-0.15, -0.1) is 0 Å². The summed E-state index contributed by atoms with van der Waals surface area (Å²) in [5.41, 5.74) is 3.18. The van der Waals surface area contributed by atoms with E-state index in [0.717, 1.165) is 36.3 Å². The van der Waals surface area contributed by atoms with Crippen molar-refractivity contribution in [1.29, 1.82) is 0 Å². The Morgan fingerprint density at radius 1 is 1.27 bits per heavy atom. The number of rotatable bonds is 5. The third-order valence-corrected chi connectivity index (χ3v) is 7.18. The minimum Gasteiger partial charge on any atom is -0.341 e. The SMILES string of the molecule is CC=CC(C)S(=O)(=O)N1CCCCC1c1ncc(-c2ccc(C)cc2)[nH]1. The summed E-state index contributed by atoms with van der Waals surface area (Å²) in [5.74, 6) is 0.733. The molecule has 0 amide bonds. The number of H-pyrrole nitrogens is 1. The second-order valence-electron chi connectivity index (χ2n) is 6.95. The number of aromatic nitrogens is 2. The molecule has 2 atom stereocenters. The number of imidazole rings is 1. The van der Waals surface area contributed by atoms with Crippen molar-refractivity contribution in [2.24, 2.45) is 0 Å². The summed E-state index contributed by atoms with van der Waals surface area (Å²) in [4.78, 5) is 7.88. The van der Waals surface area contributed by atoms with E-state index in [1.807, 2.05) is 6.92 Å². The van der Waals surface area contributed by atoms with Crippen LogP contribution in [0.3, 0.4) is 0 Å². The first kappa shape index (κ1) is 18.9. The van der Waals surface area contributed by atoms with Gasteiger partial charge in [-0.1, -0.05) is 48.4 Å². The van der Waals surface area contributed by atoms with Crippen molar-refractivity contribution < 1.29 is 8.42 Å². The highest BCUT2D eigenvalue weighted by Crippen LogP contribution is 2.34. The highest BCUT2D eigenvalue weighted by Gasteiger charge is 2.37. The van der Waals surface area contributed by atoms with Crippen LogP contribution in [0.5, 0.6) is 0 Å². The maximum absolute atomic E-state index is 13.0. The zero-order valence-corrected chi connectivity index (χ0v) is 16.5. The quantitative estimate of drug-likeness (QED) is 0.799. The van der Waals surface area contributed by atoms with Gasteiger partial charge in [-0.25, -0.2) is 13.4 Å². The summed E-state index contributed by atoms with van der Waals surface area (Å²) >= 11 is 0. The third kappa shape index (κ3) is 3.76. The lowest BCUT2D eigenvalue weighted by Gasteiger charge is -2.34. The molecule has 140 valence electrons. The molecule has 2 unspecified atom stereocenters. The molecule has 1 saturated heterocycles. The van der Waals surface area contributed by atoms with Crippen molar-refractivity contribution in [3.63, 3.8) is 0 Å². The second kappa shape index (κ2) is 7.76. The lowest BCUT2D eigenvalue weighted by Crippen LogP contribution is -2.42. The Morgan fingerprint density at radius 3 is 2.69 bits per heavy atom. The number of aromatic amines is 1. The number of sulfonamides is 1. The van der Waals surface area contributed by atoms with Crippen molar-refractivity contribution in [2.75, 3.05) is 6.54 Å². The van der Waals surface area contributed by atoms with E-state index in [2.05, 4.69) is 41.2 Å². The normalized spacial score (nSPS) is 20.5. The van der Waals surface area contributed by atoms with Crippen molar-refractivity contribution in [1.82, 2.24) is 14.3 Å². The van der Waals surface area contributed by atoms with Gasteiger partial charge in [-0.3, -0.25) is 0 Å². The molecule has 1 aliphatic rings. The second-order valence-corrected chi connectivity index (χ2v) is 9.19. The Balaban J connectivity index is 1.90. The number of hydrogen-bond donors (Lipinski definition) is 1. The molecule has 2 aromatic rings. The van der Waals surface area contributed by atoms with E-state index in [4.69, 9.17) is 0 Å². The summed E-state index contributed by atoms with van der Waals surface area (Å²) in [6.45, 7) is 6.19. The first-order chi connectivity index (χ1) is 12.4. The molecule has 1 aromatic heterocycles. The van der Waals surface area contributed by atoms with Crippen LogP contribution in [0.4, 0.5) is 0 Å². The summed E-state index contributed by atoms with van der Waals surface area (Å²) in [6, 6.07) is 8.00. The fourth-order valence-corrected chi connectivity index (χ4v) is 5.18. The van der Waals surface area contributed by atoms with Crippen LogP contribution in [0.25, 0.3) is 11.3 Å². The lowest BCUT2D eigenvalue weighted by molar-refractivity contribution is 0.246. The summed E-state index contributed by atoms with van der Waals surface area (Å²) < 4.78 is 27.7. The predicted molar refractivity (Wildman–Crippen MR) is 105 cm³/mol. The van der Waals surface area contributed by atoms with E-state index in [1.54, 1.807) is 29.6 Å². The standard InChI is InChI=1S/C20H27N3O2S/c1-4-7-16(3)26(24,25)23-13-6-5-8-19(23)20-21-14-18(22-20)17-11-9-15(2)10-12-17/h4,7,9-12,14,16,19H,5-6,8,13H2,1-3H3,(H,21,22). The number of nitrogens with zero attached hydrogens (tertiary/aromatic N) is 2. The van der Waals surface area contributed by atoms with Crippen LogP contribution in [0.15, 0.2) is 42.6 Å². The zero-order valence-electron chi connectivity index (χ0n) is 15.6. The maximum Gasteiger partial charge on any atom is 0.220 e. The van der Waals surface area contributed by atoms with E-state index in [9.17, 15) is 8.42 Å². The molecule has 1 N–H and O–H groups in total. The van der Waals surface area contributed by atoms with Gasteiger partial charge in [0, 0.05) is 6.54 Å². The third-order valence-electron chi connectivity index (χ3n) is 4.99. The van der Waals surface area contributed by atoms with Crippen molar-refractivity contribution >= 4 is 10.0 Å². The van der Waals surface area contributed by atoms with Gasteiger partial charge in [-0.05, 0) is 39.2 Å². The van der Waals surface area contributed by atoms with E-state index >= 15 is 0 Å². The van der Waals surface area contributed by atoms with E-state index in [1.165, 1.54) is 5.56 Å². The summed E-state index contributed by atoms with van der Waals surface area (Å²) in [7, 11) is -3.40. The van der Waals surface area contributed by atoms with Gasteiger partial charge >= 0.3 is 0 Å².